The molecule has 1 saturated heterocycles. The van der Waals surface area contributed by atoms with Gasteiger partial charge in [0.15, 0.2) is 0 Å². The Morgan fingerprint density at radius 1 is 1.44 bits per heavy atom. The highest BCUT2D eigenvalue weighted by Crippen LogP contribution is 2.16. The van der Waals surface area contributed by atoms with Gasteiger partial charge < -0.3 is 9.84 Å². The van der Waals surface area contributed by atoms with Crippen molar-refractivity contribution in [2.75, 3.05) is 39.0 Å². The van der Waals surface area contributed by atoms with Gasteiger partial charge in [0.25, 0.3) is 0 Å². The van der Waals surface area contributed by atoms with Gasteiger partial charge in [0.1, 0.15) is 18.2 Å². The maximum Gasteiger partial charge on any atom is 0.318 e. The SMILES string of the molecule is CS(=O)(=O)N(CC(=O)O)CC1CN(Cc2ccc(F)cc2F)CCO1. The topological polar surface area (TPSA) is 87.2 Å². The van der Waals surface area contributed by atoms with Crippen LogP contribution in [0.2, 0.25) is 0 Å². The highest BCUT2D eigenvalue weighted by atomic mass is 32.2. The Hall–Kier alpha value is -1.62. The molecule has 7 nitrogen and oxygen atoms in total. The lowest BCUT2D eigenvalue weighted by Crippen LogP contribution is -2.49. The van der Waals surface area contributed by atoms with E-state index in [0.29, 0.717) is 25.3 Å². The van der Waals surface area contributed by atoms with Gasteiger partial charge >= 0.3 is 5.97 Å². The second kappa shape index (κ2) is 8.17. The van der Waals surface area contributed by atoms with Crippen molar-refractivity contribution in [3.63, 3.8) is 0 Å². The largest absolute Gasteiger partial charge is 0.480 e. The van der Waals surface area contributed by atoms with E-state index in [4.69, 9.17) is 9.84 Å². The molecule has 0 aromatic heterocycles. The standard InChI is InChI=1S/C15H20F2N2O5S/c1-25(22,23)19(10-15(20)21)9-13-8-18(4-5-24-13)7-11-2-3-12(16)6-14(11)17/h2-3,6,13H,4-5,7-10H2,1H3,(H,20,21). The van der Waals surface area contributed by atoms with Crippen molar-refractivity contribution in [1.82, 2.24) is 9.21 Å². The van der Waals surface area contributed by atoms with E-state index in [1.54, 1.807) is 0 Å². The fourth-order valence-electron chi connectivity index (χ4n) is 2.62. The summed E-state index contributed by atoms with van der Waals surface area (Å²) in [6.07, 6.45) is 0.399. The predicted molar refractivity (Wildman–Crippen MR) is 85.4 cm³/mol. The fraction of sp³-hybridized carbons (Fsp3) is 0.533. The van der Waals surface area contributed by atoms with Gasteiger partial charge in [0.2, 0.25) is 10.0 Å². The molecule has 140 valence electrons. The average molecular weight is 378 g/mol. The predicted octanol–water partition coefficient (Wildman–Crippen LogP) is 0.512. The van der Waals surface area contributed by atoms with Gasteiger partial charge in [-0.2, -0.15) is 4.31 Å². The number of rotatable bonds is 7. The van der Waals surface area contributed by atoms with Crippen LogP contribution in [-0.2, 0) is 26.1 Å². The smallest absolute Gasteiger partial charge is 0.318 e. The van der Waals surface area contributed by atoms with E-state index < -0.39 is 40.3 Å². The summed E-state index contributed by atoms with van der Waals surface area (Å²) in [5, 5.41) is 8.85. The molecule has 1 aromatic carbocycles. The molecular formula is C15H20F2N2O5S. The molecule has 2 rings (SSSR count). The van der Waals surface area contributed by atoms with Crippen LogP contribution in [0.4, 0.5) is 8.78 Å². The summed E-state index contributed by atoms with van der Waals surface area (Å²) < 4.78 is 56.5. The number of benzene rings is 1. The molecule has 0 saturated carbocycles. The van der Waals surface area contributed by atoms with E-state index in [1.165, 1.54) is 12.1 Å². The number of carbonyl (C=O) groups is 1. The number of carboxylic acid groups (broad SMARTS) is 1. The highest BCUT2D eigenvalue weighted by Gasteiger charge is 2.28. The molecule has 1 aliphatic heterocycles. The zero-order valence-electron chi connectivity index (χ0n) is 13.7. The summed E-state index contributed by atoms with van der Waals surface area (Å²) >= 11 is 0. The number of nitrogens with zero attached hydrogens (tertiary/aromatic N) is 2. The first kappa shape index (κ1) is 19.7. The molecule has 0 amide bonds. The number of morpholine rings is 1. The van der Waals surface area contributed by atoms with E-state index >= 15 is 0 Å². The molecule has 0 radical (unpaired) electrons. The molecule has 1 aromatic rings. The third kappa shape index (κ3) is 5.99. The minimum Gasteiger partial charge on any atom is -0.480 e. The second-order valence-corrected chi connectivity index (χ2v) is 7.90. The van der Waals surface area contributed by atoms with Crippen LogP contribution in [0.15, 0.2) is 18.2 Å². The van der Waals surface area contributed by atoms with E-state index in [-0.39, 0.29) is 13.1 Å². The normalized spacial score (nSPS) is 19.3. The Labute approximate surface area is 144 Å². The van der Waals surface area contributed by atoms with Crippen LogP contribution in [0, 0.1) is 11.6 Å². The zero-order chi connectivity index (χ0) is 18.6. The highest BCUT2D eigenvalue weighted by molar-refractivity contribution is 7.88. The number of hydrogen-bond donors (Lipinski definition) is 1. The number of halogens is 2. The van der Waals surface area contributed by atoms with Gasteiger partial charge in [-0.05, 0) is 6.07 Å². The first-order valence-electron chi connectivity index (χ1n) is 7.60. The molecule has 1 fully saturated rings. The number of hydrogen-bond acceptors (Lipinski definition) is 5. The van der Waals surface area contributed by atoms with Crippen molar-refractivity contribution in [2.24, 2.45) is 0 Å². The Morgan fingerprint density at radius 3 is 2.76 bits per heavy atom. The average Bonchev–Trinajstić information content (AvgIpc) is 2.48. The lowest BCUT2D eigenvalue weighted by atomic mass is 10.1. The van der Waals surface area contributed by atoms with Crippen LogP contribution in [0.5, 0.6) is 0 Å². The van der Waals surface area contributed by atoms with Gasteiger partial charge in [0.05, 0.1) is 19.0 Å². The second-order valence-electron chi connectivity index (χ2n) is 5.91. The van der Waals surface area contributed by atoms with Gasteiger partial charge in [-0.15, -0.1) is 0 Å². The number of sulfonamides is 1. The van der Waals surface area contributed by atoms with Crippen molar-refractivity contribution in [3.05, 3.63) is 35.4 Å². The third-order valence-corrected chi connectivity index (χ3v) is 5.04. The van der Waals surface area contributed by atoms with Crippen LogP contribution in [0.25, 0.3) is 0 Å². The molecular weight excluding hydrogens is 358 g/mol. The lowest BCUT2D eigenvalue weighted by molar-refractivity contribution is -0.137. The van der Waals surface area contributed by atoms with Crippen molar-refractivity contribution in [1.29, 1.82) is 0 Å². The third-order valence-electron chi connectivity index (χ3n) is 3.82. The van der Waals surface area contributed by atoms with Crippen molar-refractivity contribution >= 4 is 16.0 Å². The first-order valence-corrected chi connectivity index (χ1v) is 9.45. The van der Waals surface area contributed by atoms with Gasteiger partial charge in [0, 0.05) is 37.8 Å². The summed E-state index contributed by atoms with van der Waals surface area (Å²) in [6, 6.07) is 3.35. The van der Waals surface area contributed by atoms with Crippen LogP contribution in [0.1, 0.15) is 5.56 Å². The Kier molecular flexibility index (Phi) is 6.44. The van der Waals surface area contributed by atoms with E-state index in [0.717, 1.165) is 16.6 Å². The lowest BCUT2D eigenvalue weighted by Gasteiger charge is -2.34. The molecule has 25 heavy (non-hydrogen) atoms. The van der Waals surface area contributed by atoms with Crippen LogP contribution in [-0.4, -0.2) is 73.8 Å². The molecule has 1 aliphatic rings. The molecule has 0 spiro atoms. The minimum atomic E-state index is -3.69. The fourth-order valence-corrected chi connectivity index (χ4v) is 3.40. The number of aliphatic carboxylic acids is 1. The Balaban J connectivity index is 2.01. The van der Waals surface area contributed by atoms with Crippen molar-refractivity contribution < 1.29 is 31.8 Å². The number of ether oxygens (including phenoxy) is 1. The zero-order valence-corrected chi connectivity index (χ0v) is 14.5. The van der Waals surface area contributed by atoms with E-state index in [1.807, 2.05) is 4.90 Å². The summed E-state index contributed by atoms with van der Waals surface area (Å²) in [7, 11) is -3.69. The molecule has 1 unspecified atom stereocenters. The molecule has 0 bridgehead atoms. The Morgan fingerprint density at radius 2 is 2.16 bits per heavy atom. The quantitative estimate of drug-likeness (QED) is 0.744. The monoisotopic (exact) mass is 378 g/mol. The minimum absolute atomic E-state index is 0.104. The number of carboxylic acids is 1. The van der Waals surface area contributed by atoms with E-state index in [2.05, 4.69) is 0 Å². The van der Waals surface area contributed by atoms with Crippen LogP contribution >= 0.6 is 0 Å². The van der Waals surface area contributed by atoms with Crippen molar-refractivity contribution in [2.45, 2.75) is 12.6 Å². The molecule has 0 aliphatic carbocycles. The van der Waals surface area contributed by atoms with Gasteiger partial charge in [-0.1, -0.05) is 6.07 Å². The summed E-state index contributed by atoms with van der Waals surface area (Å²) in [5.74, 6) is -2.56. The Bertz CT molecular complexity index is 729. The maximum atomic E-state index is 13.8. The maximum absolute atomic E-state index is 13.8. The summed E-state index contributed by atoms with van der Waals surface area (Å²) in [6.45, 7) is 0.592. The first-order chi connectivity index (χ1) is 11.6. The molecule has 1 atom stereocenters. The summed E-state index contributed by atoms with van der Waals surface area (Å²) in [4.78, 5) is 12.7. The van der Waals surface area contributed by atoms with Gasteiger partial charge in [-0.3, -0.25) is 9.69 Å². The molecule has 1 N–H and O–H groups in total. The van der Waals surface area contributed by atoms with Gasteiger partial charge in [-0.25, -0.2) is 17.2 Å². The van der Waals surface area contributed by atoms with Crippen LogP contribution < -0.4 is 0 Å². The summed E-state index contributed by atoms with van der Waals surface area (Å²) in [5.41, 5.74) is 0.326. The van der Waals surface area contributed by atoms with Crippen LogP contribution in [0.3, 0.4) is 0 Å². The van der Waals surface area contributed by atoms with Crippen molar-refractivity contribution in [3.8, 4) is 0 Å². The molecule has 1 heterocycles. The van der Waals surface area contributed by atoms with E-state index in [9.17, 15) is 22.0 Å². The molecule has 10 heteroatoms.